The lowest BCUT2D eigenvalue weighted by molar-refractivity contribution is 0.0968. The van der Waals surface area contributed by atoms with Crippen LogP contribution in [-0.2, 0) is 0 Å². The molecule has 0 fully saturated rings. The molecule has 2 amide bonds. The van der Waals surface area contributed by atoms with Crippen molar-refractivity contribution < 1.29 is 14.0 Å². The van der Waals surface area contributed by atoms with Gasteiger partial charge < -0.3 is 16.8 Å². The normalized spacial score (nSPS) is 10.1. The van der Waals surface area contributed by atoms with Gasteiger partial charge >= 0.3 is 0 Å². The van der Waals surface area contributed by atoms with Gasteiger partial charge in [-0.2, -0.15) is 0 Å². The van der Waals surface area contributed by atoms with Gasteiger partial charge in [-0.1, -0.05) is 6.07 Å². The SMILES string of the molecule is NC(=O)c1cccc(Nc2ccc(F)cc2)c1C(N)=O. The molecule has 0 bridgehead atoms. The van der Waals surface area contributed by atoms with Crippen molar-refractivity contribution >= 4 is 23.2 Å². The zero-order chi connectivity index (χ0) is 14.7. The van der Waals surface area contributed by atoms with Crippen molar-refractivity contribution in [2.75, 3.05) is 5.32 Å². The third-order valence-corrected chi connectivity index (χ3v) is 2.70. The van der Waals surface area contributed by atoms with E-state index in [1.54, 1.807) is 12.1 Å². The average Bonchev–Trinajstić information content (AvgIpc) is 2.40. The Morgan fingerprint density at radius 2 is 1.60 bits per heavy atom. The largest absolute Gasteiger partial charge is 0.366 e. The van der Waals surface area contributed by atoms with Crippen molar-refractivity contribution in [2.24, 2.45) is 11.5 Å². The number of benzene rings is 2. The van der Waals surface area contributed by atoms with Crippen LogP contribution in [0.3, 0.4) is 0 Å². The molecule has 0 spiro atoms. The topological polar surface area (TPSA) is 98.2 Å². The van der Waals surface area contributed by atoms with E-state index in [2.05, 4.69) is 5.32 Å². The van der Waals surface area contributed by atoms with Gasteiger partial charge in [-0.25, -0.2) is 4.39 Å². The lowest BCUT2D eigenvalue weighted by atomic mass is 10.0. The van der Waals surface area contributed by atoms with E-state index in [1.807, 2.05) is 0 Å². The number of hydrogen-bond donors (Lipinski definition) is 3. The maximum atomic E-state index is 12.8. The molecule has 0 radical (unpaired) electrons. The predicted octanol–water partition coefficient (Wildman–Crippen LogP) is 1.77. The number of nitrogens with one attached hydrogen (secondary N) is 1. The van der Waals surface area contributed by atoms with E-state index in [-0.39, 0.29) is 16.9 Å². The summed E-state index contributed by atoms with van der Waals surface area (Å²) in [6.07, 6.45) is 0. The Hall–Kier alpha value is -2.89. The number of halogens is 1. The van der Waals surface area contributed by atoms with Crippen LogP contribution < -0.4 is 16.8 Å². The van der Waals surface area contributed by atoms with Gasteiger partial charge in [-0.3, -0.25) is 9.59 Å². The fraction of sp³-hybridized carbons (Fsp3) is 0. The average molecular weight is 273 g/mol. The Morgan fingerprint density at radius 3 is 2.15 bits per heavy atom. The minimum absolute atomic E-state index is 0.00400. The molecule has 0 aliphatic carbocycles. The number of primary amides is 2. The molecule has 0 heterocycles. The molecule has 5 nitrogen and oxygen atoms in total. The number of carbonyl (C=O) groups is 2. The van der Waals surface area contributed by atoms with Gasteiger partial charge in [0.25, 0.3) is 5.91 Å². The van der Waals surface area contributed by atoms with Crippen molar-refractivity contribution in [2.45, 2.75) is 0 Å². The number of nitrogens with two attached hydrogens (primary N) is 2. The van der Waals surface area contributed by atoms with Crippen LogP contribution in [0.1, 0.15) is 20.7 Å². The van der Waals surface area contributed by atoms with Gasteiger partial charge in [0, 0.05) is 5.69 Å². The number of rotatable bonds is 4. The summed E-state index contributed by atoms with van der Waals surface area (Å²) in [5, 5.41) is 2.90. The molecular formula is C14H12FN3O2. The van der Waals surface area contributed by atoms with Crippen molar-refractivity contribution in [3.63, 3.8) is 0 Å². The fourth-order valence-corrected chi connectivity index (χ4v) is 1.82. The first-order valence-corrected chi connectivity index (χ1v) is 5.74. The van der Waals surface area contributed by atoms with Gasteiger partial charge in [-0.15, -0.1) is 0 Å². The zero-order valence-corrected chi connectivity index (χ0v) is 10.4. The Labute approximate surface area is 114 Å². The third kappa shape index (κ3) is 2.74. The van der Waals surface area contributed by atoms with E-state index < -0.39 is 11.8 Å². The number of carbonyl (C=O) groups excluding carboxylic acids is 2. The van der Waals surface area contributed by atoms with Gasteiger partial charge in [0.1, 0.15) is 5.82 Å². The summed E-state index contributed by atoms with van der Waals surface area (Å²) in [6.45, 7) is 0. The van der Waals surface area contributed by atoms with Gasteiger partial charge in [0.15, 0.2) is 0 Å². The van der Waals surface area contributed by atoms with Crippen molar-refractivity contribution in [3.05, 3.63) is 59.4 Å². The van der Waals surface area contributed by atoms with E-state index in [1.165, 1.54) is 30.3 Å². The molecule has 0 unspecified atom stereocenters. The van der Waals surface area contributed by atoms with E-state index in [9.17, 15) is 14.0 Å². The summed E-state index contributed by atoms with van der Waals surface area (Å²) < 4.78 is 12.8. The van der Waals surface area contributed by atoms with E-state index in [4.69, 9.17) is 11.5 Å². The highest BCUT2D eigenvalue weighted by Crippen LogP contribution is 2.23. The molecule has 102 valence electrons. The second-order valence-corrected chi connectivity index (χ2v) is 4.09. The molecule has 2 aromatic rings. The van der Waals surface area contributed by atoms with Crippen LogP contribution in [0.5, 0.6) is 0 Å². The van der Waals surface area contributed by atoms with Gasteiger partial charge in [0.2, 0.25) is 5.91 Å². The summed E-state index contributed by atoms with van der Waals surface area (Å²) >= 11 is 0. The standard InChI is InChI=1S/C14H12FN3O2/c15-8-4-6-9(7-5-8)18-11-3-1-2-10(13(16)19)12(11)14(17)20/h1-7,18H,(H2,16,19)(H2,17,20). The summed E-state index contributed by atoms with van der Waals surface area (Å²) in [4.78, 5) is 22.8. The molecule has 6 heteroatoms. The van der Waals surface area contributed by atoms with E-state index in [0.717, 1.165) is 0 Å². The highest BCUT2D eigenvalue weighted by Gasteiger charge is 2.17. The molecule has 0 saturated carbocycles. The molecular weight excluding hydrogens is 261 g/mol. The van der Waals surface area contributed by atoms with Gasteiger partial charge in [-0.05, 0) is 36.4 Å². The smallest absolute Gasteiger partial charge is 0.251 e. The second kappa shape index (κ2) is 5.40. The van der Waals surface area contributed by atoms with Crippen LogP contribution in [-0.4, -0.2) is 11.8 Å². The molecule has 0 aromatic heterocycles. The van der Waals surface area contributed by atoms with Crippen LogP contribution in [0.4, 0.5) is 15.8 Å². The Kier molecular flexibility index (Phi) is 3.65. The monoisotopic (exact) mass is 273 g/mol. The van der Waals surface area contributed by atoms with Crippen LogP contribution in [0.2, 0.25) is 0 Å². The molecule has 0 atom stereocenters. The maximum absolute atomic E-state index is 12.8. The third-order valence-electron chi connectivity index (χ3n) is 2.70. The van der Waals surface area contributed by atoms with Crippen molar-refractivity contribution in [3.8, 4) is 0 Å². The summed E-state index contributed by atoms with van der Waals surface area (Å²) in [7, 11) is 0. The summed E-state index contributed by atoms with van der Waals surface area (Å²) in [6, 6.07) is 10.1. The molecule has 0 aliphatic rings. The van der Waals surface area contributed by atoms with Crippen molar-refractivity contribution in [1.29, 1.82) is 0 Å². The highest BCUT2D eigenvalue weighted by atomic mass is 19.1. The lowest BCUT2D eigenvalue weighted by Crippen LogP contribution is -2.21. The van der Waals surface area contributed by atoms with Crippen LogP contribution in [0.15, 0.2) is 42.5 Å². The predicted molar refractivity (Wildman–Crippen MR) is 73.2 cm³/mol. The highest BCUT2D eigenvalue weighted by molar-refractivity contribution is 6.10. The fourth-order valence-electron chi connectivity index (χ4n) is 1.82. The maximum Gasteiger partial charge on any atom is 0.251 e. The Bertz CT molecular complexity index is 669. The number of amides is 2. The first-order chi connectivity index (χ1) is 9.49. The van der Waals surface area contributed by atoms with Crippen LogP contribution in [0, 0.1) is 5.82 Å². The number of anilines is 2. The quantitative estimate of drug-likeness (QED) is 0.791. The van der Waals surface area contributed by atoms with Crippen LogP contribution in [0.25, 0.3) is 0 Å². The Morgan fingerprint density at radius 1 is 0.950 bits per heavy atom. The second-order valence-electron chi connectivity index (χ2n) is 4.09. The minimum Gasteiger partial charge on any atom is -0.366 e. The molecule has 0 saturated heterocycles. The molecule has 2 rings (SSSR count). The van der Waals surface area contributed by atoms with Crippen LogP contribution >= 0.6 is 0 Å². The minimum atomic E-state index is -0.774. The number of hydrogen-bond acceptors (Lipinski definition) is 3. The molecule has 5 N–H and O–H groups in total. The van der Waals surface area contributed by atoms with E-state index >= 15 is 0 Å². The Balaban J connectivity index is 2.46. The summed E-state index contributed by atoms with van der Waals surface area (Å²) in [5.41, 5.74) is 11.4. The van der Waals surface area contributed by atoms with Crippen molar-refractivity contribution in [1.82, 2.24) is 0 Å². The van der Waals surface area contributed by atoms with Gasteiger partial charge in [0.05, 0.1) is 16.8 Å². The molecule has 0 aliphatic heterocycles. The van der Waals surface area contributed by atoms with E-state index in [0.29, 0.717) is 11.4 Å². The first-order valence-electron chi connectivity index (χ1n) is 5.74. The molecule has 20 heavy (non-hydrogen) atoms. The lowest BCUT2D eigenvalue weighted by Gasteiger charge is -2.12. The molecule has 2 aromatic carbocycles. The first kappa shape index (κ1) is 13.5. The zero-order valence-electron chi connectivity index (χ0n) is 10.4. The summed E-state index contributed by atoms with van der Waals surface area (Å²) in [5.74, 6) is -1.90.